The Labute approximate surface area is 124 Å². The molecule has 1 nitrogen and oxygen atoms in total. The van der Waals surface area contributed by atoms with E-state index in [1.807, 2.05) is 0 Å². The molecule has 0 aromatic carbocycles. The zero-order valence-electron chi connectivity index (χ0n) is 13.4. The summed E-state index contributed by atoms with van der Waals surface area (Å²) < 4.78 is 0. The van der Waals surface area contributed by atoms with Crippen molar-refractivity contribution < 1.29 is 0 Å². The SMILES string of the molecule is CSC1CCCC(NC2CCC(C(C)(C)C)CC2)C1. The molecule has 0 amide bonds. The van der Waals surface area contributed by atoms with E-state index < -0.39 is 0 Å². The Balaban J connectivity index is 1.73. The lowest BCUT2D eigenvalue weighted by molar-refractivity contribution is 0.153. The molecule has 2 saturated carbocycles. The highest BCUT2D eigenvalue weighted by Crippen LogP contribution is 2.38. The molecule has 2 rings (SSSR count). The van der Waals surface area contributed by atoms with Crippen LogP contribution in [0.3, 0.4) is 0 Å². The zero-order chi connectivity index (χ0) is 13.9. The molecule has 0 aromatic heterocycles. The van der Waals surface area contributed by atoms with Gasteiger partial charge in [-0.05, 0) is 62.5 Å². The molecule has 2 aliphatic carbocycles. The van der Waals surface area contributed by atoms with Crippen molar-refractivity contribution >= 4 is 11.8 Å². The second-order valence-corrected chi connectivity index (χ2v) is 8.94. The maximum absolute atomic E-state index is 3.98. The largest absolute Gasteiger partial charge is 0.311 e. The Bertz CT molecular complexity index is 263. The highest BCUT2D eigenvalue weighted by molar-refractivity contribution is 7.99. The zero-order valence-corrected chi connectivity index (χ0v) is 14.2. The topological polar surface area (TPSA) is 12.0 Å². The van der Waals surface area contributed by atoms with Crippen LogP contribution in [0.1, 0.15) is 72.1 Å². The Hall–Kier alpha value is 0.310. The molecule has 2 fully saturated rings. The Kier molecular flexibility index (Phi) is 5.65. The number of hydrogen-bond acceptors (Lipinski definition) is 2. The summed E-state index contributed by atoms with van der Waals surface area (Å²) in [5.74, 6) is 0.941. The van der Waals surface area contributed by atoms with Crippen molar-refractivity contribution in [2.24, 2.45) is 11.3 Å². The summed E-state index contributed by atoms with van der Waals surface area (Å²) in [5.41, 5.74) is 0.514. The van der Waals surface area contributed by atoms with Crippen molar-refractivity contribution in [3.63, 3.8) is 0 Å². The summed E-state index contributed by atoms with van der Waals surface area (Å²) in [6, 6.07) is 1.62. The fourth-order valence-electron chi connectivity index (χ4n) is 3.97. The lowest BCUT2D eigenvalue weighted by atomic mass is 9.71. The van der Waals surface area contributed by atoms with Gasteiger partial charge in [-0.2, -0.15) is 11.8 Å². The minimum atomic E-state index is 0.514. The second-order valence-electron chi connectivity index (χ2n) is 7.80. The predicted octanol–water partition coefficient (Wildman–Crippen LogP) is 4.86. The van der Waals surface area contributed by atoms with E-state index in [-0.39, 0.29) is 0 Å². The summed E-state index contributed by atoms with van der Waals surface area (Å²) in [4.78, 5) is 0. The molecule has 0 spiro atoms. The second kappa shape index (κ2) is 6.85. The minimum absolute atomic E-state index is 0.514. The van der Waals surface area contributed by atoms with Crippen molar-refractivity contribution in [2.75, 3.05) is 6.26 Å². The molecular weight excluding hydrogens is 250 g/mol. The summed E-state index contributed by atoms with van der Waals surface area (Å²) in [6.07, 6.45) is 13.6. The molecule has 0 radical (unpaired) electrons. The van der Waals surface area contributed by atoms with Crippen molar-refractivity contribution in [1.82, 2.24) is 5.32 Å². The van der Waals surface area contributed by atoms with Crippen LogP contribution in [0.15, 0.2) is 0 Å². The molecule has 2 atom stereocenters. The monoisotopic (exact) mass is 283 g/mol. The van der Waals surface area contributed by atoms with Gasteiger partial charge >= 0.3 is 0 Å². The Morgan fingerprint density at radius 3 is 2.16 bits per heavy atom. The van der Waals surface area contributed by atoms with E-state index in [9.17, 15) is 0 Å². The quantitative estimate of drug-likeness (QED) is 0.794. The molecule has 19 heavy (non-hydrogen) atoms. The van der Waals surface area contributed by atoms with E-state index in [0.717, 1.165) is 23.3 Å². The van der Waals surface area contributed by atoms with Crippen LogP contribution < -0.4 is 5.32 Å². The molecule has 2 heteroatoms. The first-order valence-corrected chi connectivity index (χ1v) is 9.56. The first kappa shape index (κ1) is 15.7. The first-order chi connectivity index (χ1) is 8.99. The van der Waals surface area contributed by atoms with Gasteiger partial charge in [0, 0.05) is 17.3 Å². The Morgan fingerprint density at radius 2 is 1.58 bits per heavy atom. The molecular formula is C17H33NS. The highest BCUT2D eigenvalue weighted by atomic mass is 32.2. The van der Waals surface area contributed by atoms with Crippen molar-refractivity contribution in [3.8, 4) is 0 Å². The van der Waals surface area contributed by atoms with Crippen LogP contribution in [-0.4, -0.2) is 23.6 Å². The maximum Gasteiger partial charge on any atom is 0.00801 e. The molecule has 0 aromatic rings. The minimum Gasteiger partial charge on any atom is -0.311 e. The van der Waals surface area contributed by atoms with Crippen molar-refractivity contribution in [2.45, 2.75) is 89.5 Å². The normalized spacial score (nSPS) is 37.3. The lowest BCUT2D eigenvalue weighted by Crippen LogP contribution is -2.44. The molecule has 0 heterocycles. The van der Waals surface area contributed by atoms with Gasteiger partial charge in [-0.1, -0.05) is 27.2 Å². The van der Waals surface area contributed by atoms with Crippen molar-refractivity contribution in [1.29, 1.82) is 0 Å². The average Bonchev–Trinajstić information content (AvgIpc) is 2.38. The van der Waals surface area contributed by atoms with Gasteiger partial charge in [0.2, 0.25) is 0 Å². The van der Waals surface area contributed by atoms with E-state index in [1.54, 1.807) is 0 Å². The van der Waals surface area contributed by atoms with Crippen LogP contribution in [0.4, 0.5) is 0 Å². The van der Waals surface area contributed by atoms with E-state index in [4.69, 9.17) is 0 Å². The van der Waals surface area contributed by atoms with Gasteiger partial charge in [-0.3, -0.25) is 0 Å². The lowest BCUT2D eigenvalue weighted by Gasteiger charge is -2.39. The van der Waals surface area contributed by atoms with Gasteiger partial charge in [0.05, 0.1) is 0 Å². The number of nitrogens with one attached hydrogen (secondary N) is 1. The summed E-state index contributed by atoms with van der Waals surface area (Å²) in [5, 5.41) is 4.89. The summed E-state index contributed by atoms with van der Waals surface area (Å²) in [6.45, 7) is 7.24. The summed E-state index contributed by atoms with van der Waals surface area (Å²) >= 11 is 2.08. The Morgan fingerprint density at radius 1 is 0.895 bits per heavy atom. The maximum atomic E-state index is 3.98. The van der Waals surface area contributed by atoms with Gasteiger partial charge in [0.15, 0.2) is 0 Å². The standard InChI is InChI=1S/C17H33NS/c1-17(2,3)13-8-10-14(11-9-13)18-15-6-5-7-16(12-15)19-4/h13-16,18H,5-12H2,1-4H3. The third-order valence-corrected chi connectivity index (χ3v) is 6.48. The highest BCUT2D eigenvalue weighted by Gasteiger charge is 2.31. The van der Waals surface area contributed by atoms with Gasteiger partial charge < -0.3 is 5.32 Å². The van der Waals surface area contributed by atoms with Gasteiger partial charge in [0.25, 0.3) is 0 Å². The average molecular weight is 284 g/mol. The van der Waals surface area contributed by atoms with E-state index in [2.05, 4.69) is 44.1 Å². The van der Waals surface area contributed by atoms with Crippen LogP contribution in [0.5, 0.6) is 0 Å². The fourth-order valence-corrected chi connectivity index (χ4v) is 4.80. The number of thioether (sulfide) groups is 1. The third kappa shape index (κ3) is 4.67. The fraction of sp³-hybridized carbons (Fsp3) is 1.00. The van der Waals surface area contributed by atoms with Crippen LogP contribution in [0.25, 0.3) is 0 Å². The van der Waals surface area contributed by atoms with Gasteiger partial charge in [-0.15, -0.1) is 0 Å². The van der Waals surface area contributed by atoms with Crippen LogP contribution >= 0.6 is 11.8 Å². The smallest absolute Gasteiger partial charge is 0.00801 e. The van der Waals surface area contributed by atoms with Gasteiger partial charge in [-0.25, -0.2) is 0 Å². The molecule has 2 aliphatic rings. The number of hydrogen-bond donors (Lipinski definition) is 1. The van der Waals surface area contributed by atoms with Crippen molar-refractivity contribution in [3.05, 3.63) is 0 Å². The van der Waals surface area contributed by atoms with Crippen LogP contribution in [0, 0.1) is 11.3 Å². The van der Waals surface area contributed by atoms with E-state index >= 15 is 0 Å². The molecule has 0 bridgehead atoms. The molecule has 2 unspecified atom stereocenters. The molecule has 0 saturated heterocycles. The third-order valence-electron chi connectivity index (χ3n) is 5.38. The molecule has 1 N–H and O–H groups in total. The van der Waals surface area contributed by atoms with E-state index in [0.29, 0.717) is 5.41 Å². The summed E-state index contributed by atoms with van der Waals surface area (Å²) in [7, 11) is 0. The van der Waals surface area contributed by atoms with E-state index in [1.165, 1.54) is 51.4 Å². The predicted molar refractivity (Wildman–Crippen MR) is 87.9 cm³/mol. The van der Waals surface area contributed by atoms with Gasteiger partial charge in [0.1, 0.15) is 0 Å². The first-order valence-electron chi connectivity index (χ1n) is 8.28. The van der Waals surface area contributed by atoms with Crippen LogP contribution in [-0.2, 0) is 0 Å². The molecule has 112 valence electrons. The van der Waals surface area contributed by atoms with Crippen LogP contribution in [0.2, 0.25) is 0 Å². The number of rotatable bonds is 3. The molecule has 0 aliphatic heterocycles.